The monoisotopic (exact) mass is 408 g/mol. The highest BCUT2D eigenvalue weighted by molar-refractivity contribution is 5.84. The lowest BCUT2D eigenvalue weighted by molar-refractivity contribution is 0.571. The lowest BCUT2D eigenvalue weighted by Crippen LogP contribution is -2.22. The lowest BCUT2D eigenvalue weighted by Gasteiger charge is -2.23. The number of fused-ring (bicyclic) bond motifs is 1. The highest BCUT2D eigenvalue weighted by atomic mass is 19.1. The van der Waals surface area contributed by atoms with Crippen LogP contribution in [0.2, 0.25) is 0 Å². The Labute approximate surface area is 180 Å². The van der Waals surface area contributed by atoms with Crippen molar-refractivity contribution >= 4 is 10.9 Å². The summed E-state index contributed by atoms with van der Waals surface area (Å²) in [5, 5.41) is 5.89. The Balaban J connectivity index is 1.67. The molecule has 0 aliphatic carbocycles. The first-order valence-electron chi connectivity index (χ1n) is 10.2. The summed E-state index contributed by atoms with van der Waals surface area (Å²) in [6, 6.07) is 28.9. The van der Waals surface area contributed by atoms with Crippen LogP contribution in [-0.2, 0) is 5.41 Å². The van der Waals surface area contributed by atoms with Gasteiger partial charge in [0.25, 0.3) is 0 Å². The van der Waals surface area contributed by atoms with E-state index < -0.39 is 11.4 Å². The molecular weight excluding hydrogens is 387 g/mol. The third-order valence-corrected chi connectivity index (χ3v) is 5.56. The van der Waals surface area contributed by atoms with Gasteiger partial charge in [-0.15, -0.1) is 0 Å². The molecule has 0 saturated heterocycles. The van der Waals surface area contributed by atoms with Crippen LogP contribution < -0.4 is 0 Å². The molecule has 0 fully saturated rings. The number of hydrogen-bond donors (Lipinski definition) is 0. The van der Waals surface area contributed by atoms with Crippen LogP contribution in [0.5, 0.6) is 0 Å². The Kier molecular flexibility index (Phi) is 4.59. The van der Waals surface area contributed by atoms with Crippen molar-refractivity contribution in [3.05, 3.63) is 108 Å². The Morgan fingerprint density at radius 3 is 2.29 bits per heavy atom. The highest BCUT2D eigenvalue weighted by Crippen LogP contribution is 2.36. The van der Waals surface area contributed by atoms with E-state index in [1.165, 1.54) is 6.07 Å². The fourth-order valence-electron chi connectivity index (χ4n) is 3.89. The van der Waals surface area contributed by atoms with Gasteiger partial charge in [0, 0.05) is 10.9 Å². The molecule has 0 aliphatic heterocycles. The summed E-state index contributed by atoms with van der Waals surface area (Å²) in [6.07, 6.45) is 0. The second-order valence-electron chi connectivity index (χ2n) is 8.00. The molecule has 0 bridgehead atoms. The molecule has 0 saturated carbocycles. The second-order valence-corrected chi connectivity index (χ2v) is 8.00. The average Bonchev–Trinajstić information content (AvgIpc) is 3.20. The van der Waals surface area contributed by atoms with Crippen LogP contribution in [0, 0.1) is 5.95 Å². The van der Waals surface area contributed by atoms with Gasteiger partial charge in [0.1, 0.15) is 0 Å². The van der Waals surface area contributed by atoms with E-state index in [1.807, 2.05) is 60.7 Å². The maximum atomic E-state index is 13.8. The van der Waals surface area contributed by atoms with Gasteiger partial charge in [-0.05, 0) is 44.2 Å². The SMILES string of the molecule is CC(C)(c1cccc(-c2ccccc2)n1)c1nn(-c2cccc(F)n2)c2ccccc12. The van der Waals surface area contributed by atoms with Crippen LogP contribution >= 0.6 is 0 Å². The van der Waals surface area contributed by atoms with E-state index in [2.05, 4.69) is 31.0 Å². The molecular formula is C26H21FN4. The van der Waals surface area contributed by atoms with Crippen molar-refractivity contribution in [1.82, 2.24) is 19.7 Å². The third kappa shape index (κ3) is 3.38. The van der Waals surface area contributed by atoms with E-state index in [0.29, 0.717) is 5.82 Å². The molecule has 2 aromatic carbocycles. The summed E-state index contributed by atoms with van der Waals surface area (Å²) in [6.45, 7) is 4.23. The van der Waals surface area contributed by atoms with Crippen LogP contribution in [0.1, 0.15) is 25.2 Å². The number of halogens is 1. The fourth-order valence-corrected chi connectivity index (χ4v) is 3.89. The Bertz CT molecular complexity index is 1370. The molecule has 5 rings (SSSR count). The van der Waals surface area contributed by atoms with Gasteiger partial charge in [-0.3, -0.25) is 4.98 Å². The smallest absolute Gasteiger partial charge is 0.214 e. The standard InChI is InChI=1S/C26H21FN4/c1-26(2,22-15-8-13-20(28-22)18-10-4-3-5-11-18)25-19-12-6-7-14-21(19)31(30-25)24-17-9-16-23(27)29-24/h3-17H,1-2H3. The van der Waals surface area contributed by atoms with Gasteiger partial charge in [-0.2, -0.15) is 9.49 Å². The Morgan fingerprint density at radius 2 is 1.48 bits per heavy atom. The Morgan fingerprint density at radius 1 is 0.742 bits per heavy atom. The van der Waals surface area contributed by atoms with Crippen LogP contribution in [0.3, 0.4) is 0 Å². The zero-order valence-corrected chi connectivity index (χ0v) is 17.3. The van der Waals surface area contributed by atoms with Crippen molar-refractivity contribution in [3.63, 3.8) is 0 Å². The van der Waals surface area contributed by atoms with Gasteiger partial charge in [0.15, 0.2) is 5.82 Å². The number of nitrogens with zero attached hydrogens (tertiary/aromatic N) is 4. The van der Waals surface area contributed by atoms with Gasteiger partial charge in [0.2, 0.25) is 5.95 Å². The molecule has 5 aromatic rings. The van der Waals surface area contributed by atoms with Gasteiger partial charge in [0.05, 0.1) is 28.0 Å². The van der Waals surface area contributed by atoms with Crippen LogP contribution in [0.4, 0.5) is 4.39 Å². The largest absolute Gasteiger partial charge is 0.252 e. The van der Waals surface area contributed by atoms with Gasteiger partial charge >= 0.3 is 0 Å². The number of para-hydroxylation sites is 1. The summed E-state index contributed by atoms with van der Waals surface area (Å²) >= 11 is 0. The number of rotatable bonds is 4. The van der Waals surface area contributed by atoms with E-state index >= 15 is 0 Å². The highest BCUT2D eigenvalue weighted by Gasteiger charge is 2.31. The molecule has 5 heteroatoms. The maximum absolute atomic E-state index is 13.8. The second kappa shape index (κ2) is 7.43. The minimum absolute atomic E-state index is 0.448. The summed E-state index contributed by atoms with van der Waals surface area (Å²) in [7, 11) is 0. The average molecular weight is 408 g/mol. The number of aromatic nitrogens is 4. The predicted octanol–water partition coefficient (Wildman–Crippen LogP) is 5.95. The molecule has 0 aliphatic rings. The molecule has 4 nitrogen and oxygen atoms in total. The minimum Gasteiger partial charge on any atom is -0.252 e. The fraction of sp³-hybridized carbons (Fsp3) is 0.115. The summed E-state index contributed by atoms with van der Waals surface area (Å²) in [5.74, 6) is -0.0839. The first-order valence-corrected chi connectivity index (χ1v) is 10.2. The van der Waals surface area contributed by atoms with Crippen molar-refractivity contribution in [2.45, 2.75) is 19.3 Å². The van der Waals surface area contributed by atoms with Gasteiger partial charge < -0.3 is 0 Å². The van der Waals surface area contributed by atoms with Crippen molar-refractivity contribution in [1.29, 1.82) is 0 Å². The van der Waals surface area contributed by atoms with Crippen molar-refractivity contribution in [2.24, 2.45) is 0 Å². The van der Waals surface area contributed by atoms with E-state index in [9.17, 15) is 4.39 Å². The molecule has 0 atom stereocenters. The van der Waals surface area contributed by atoms with Crippen LogP contribution in [0.15, 0.2) is 91.0 Å². The summed E-state index contributed by atoms with van der Waals surface area (Å²) in [5.41, 5.74) is 4.16. The minimum atomic E-state index is -0.532. The van der Waals surface area contributed by atoms with E-state index in [1.54, 1.807) is 16.8 Å². The first kappa shape index (κ1) is 19.1. The number of hydrogen-bond acceptors (Lipinski definition) is 3. The molecule has 3 aromatic heterocycles. The predicted molar refractivity (Wildman–Crippen MR) is 121 cm³/mol. The molecule has 0 unspecified atom stereocenters. The van der Waals surface area contributed by atoms with E-state index in [-0.39, 0.29) is 0 Å². The maximum Gasteiger partial charge on any atom is 0.214 e. The molecule has 152 valence electrons. The first-order chi connectivity index (χ1) is 15.0. The van der Waals surface area contributed by atoms with Crippen molar-refractivity contribution in [2.75, 3.05) is 0 Å². The van der Waals surface area contributed by atoms with Crippen LogP contribution in [-0.4, -0.2) is 19.7 Å². The van der Waals surface area contributed by atoms with E-state index in [4.69, 9.17) is 10.1 Å². The lowest BCUT2D eigenvalue weighted by atomic mass is 9.83. The molecule has 0 spiro atoms. The number of benzene rings is 2. The third-order valence-electron chi connectivity index (χ3n) is 5.56. The number of pyridine rings is 2. The van der Waals surface area contributed by atoms with Crippen molar-refractivity contribution < 1.29 is 4.39 Å². The van der Waals surface area contributed by atoms with Crippen LogP contribution in [0.25, 0.3) is 28.0 Å². The summed E-state index contributed by atoms with van der Waals surface area (Å²) < 4.78 is 15.5. The normalized spacial score (nSPS) is 11.7. The summed E-state index contributed by atoms with van der Waals surface area (Å²) in [4.78, 5) is 9.00. The zero-order valence-electron chi connectivity index (χ0n) is 17.3. The molecule has 3 heterocycles. The molecule has 0 amide bonds. The molecule has 31 heavy (non-hydrogen) atoms. The molecule has 0 N–H and O–H groups in total. The van der Waals surface area contributed by atoms with Crippen molar-refractivity contribution in [3.8, 4) is 17.1 Å². The Hall–Kier alpha value is -3.86. The quantitative estimate of drug-likeness (QED) is 0.345. The van der Waals surface area contributed by atoms with E-state index in [0.717, 1.165) is 33.5 Å². The van der Waals surface area contributed by atoms with Gasteiger partial charge in [-0.1, -0.05) is 60.7 Å². The molecule has 0 radical (unpaired) electrons. The topological polar surface area (TPSA) is 43.6 Å². The van der Waals surface area contributed by atoms with Gasteiger partial charge in [-0.25, -0.2) is 9.67 Å². The zero-order chi connectivity index (χ0) is 21.4.